The molecule has 3 heterocycles. The number of alkyl halides is 3. The molecule has 0 N–H and O–H groups in total. The maximum atomic E-state index is 14.3. The lowest BCUT2D eigenvalue weighted by Gasteiger charge is -2.45. The second-order valence-corrected chi connectivity index (χ2v) is 20.7. The van der Waals surface area contributed by atoms with Crippen molar-refractivity contribution in [1.82, 2.24) is 14.5 Å². The first-order valence-corrected chi connectivity index (χ1v) is 19.2. The number of hydrogen-bond acceptors (Lipinski definition) is 7. The molecule has 2 aliphatic heterocycles. The normalized spacial score (nSPS) is 21.9. The predicted molar refractivity (Wildman–Crippen MR) is 173 cm³/mol. The number of carbonyl (C=O) groups is 1. The van der Waals surface area contributed by atoms with E-state index in [9.17, 15) is 22.8 Å². The number of halogens is 4. The summed E-state index contributed by atoms with van der Waals surface area (Å²) < 4.78 is 56.5. The number of anilines is 1. The monoisotopic (exact) mass is 676 g/mol. The molecule has 0 bridgehead atoms. The smallest absolute Gasteiger partial charge is 0.417 e. The molecule has 0 aliphatic carbocycles. The van der Waals surface area contributed by atoms with E-state index in [1.54, 1.807) is 30.6 Å². The average Bonchev–Trinajstić information content (AvgIpc) is 3.04. The van der Waals surface area contributed by atoms with E-state index >= 15 is 0 Å². The summed E-state index contributed by atoms with van der Waals surface area (Å²) in [5.74, 6) is 0.450. The number of piperazine rings is 1. The van der Waals surface area contributed by atoms with E-state index < -0.39 is 42.5 Å². The van der Waals surface area contributed by atoms with Crippen molar-refractivity contribution < 1.29 is 27.1 Å². The summed E-state index contributed by atoms with van der Waals surface area (Å²) in [5, 5.41) is -0.226. The fourth-order valence-corrected chi connectivity index (χ4v) is 8.14. The Morgan fingerprint density at radius 3 is 2.20 bits per heavy atom. The highest BCUT2D eigenvalue weighted by molar-refractivity contribution is 7.99. The van der Waals surface area contributed by atoms with E-state index in [1.807, 2.05) is 13.8 Å². The third-order valence-electron chi connectivity index (χ3n) is 8.66. The highest BCUT2D eigenvalue weighted by Gasteiger charge is 2.41. The molecule has 1 aromatic heterocycles. The molecule has 4 rings (SSSR count). The molecule has 3 atom stereocenters. The Balaban J connectivity index is 1.79. The van der Waals surface area contributed by atoms with Crippen molar-refractivity contribution in [3.8, 4) is 0 Å². The number of benzene rings is 1. The lowest BCUT2D eigenvalue weighted by molar-refractivity contribution is -0.137. The van der Waals surface area contributed by atoms with Crippen LogP contribution in [0, 0.1) is 5.92 Å². The zero-order valence-corrected chi connectivity index (χ0v) is 29.8. The van der Waals surface area contributed by atoms with Crippen LogP contribution in [0.1, 0.15) is 61.0 Å². The van der Waals surface area contributed by atoms with Gasteiger partial charge in [-0.15, -0.1) is 11.8 Å². The number of carbonyl (C=O) groups excluding carboxylic acids is 1. The van der Waals surface area contributed by atoms with E-state index in [4.69, 9.17) is 20.8 Å². The summed E-state index contributed by atoms with van der Waals surface area (Å²) in [6.45, 7) is 20.9. The van der Waals surface area contributed by atoms with Crippen LogP contribution in [0.15, 0.2) is 15.8 Å². The molecular weight excluding hydrogens is 633 g/mol. The largest absolute Gasteiger partial charge is 0.444 e. The highest BCUT2D eigenvalue weighted by Crippen LogP contribution is 2.47. The van der Waals surface area contributed by atoms with Gasteiger partial charge in [-0.2, -0.15) is 18.2 Å². The van der Waals surface area contributed by atoms with E-state index in [-0.39, 0.29) is 58.8 Å². The van der Waals surface area contributed by atoms with Gasteiger partial charge in [-0.3, -0.25) is 9.47 Å². The summed E-state index contributed by atoms with van der Waals surface area (Å²) >= 11 is 7.71. The molecule has 1 aromatic carbocycles. The Morgan fingerprint density at radius 2 is 1.68 bits per heavy atom. The molecule has 2 aliphatic rings. The van der Waals surface area contributed by atoms with Gasteiger partial charge >= 0.3 is 18.0 Å². The van der Waals surface area contributed by atoms with Gasteiger partial charge in [-0.25, -0.2) is 9.59 Å². The van der Waals surface area contributed by atoms with Crippen LogP contribution in [0.4, 0.5) is 23.8 Å². The fourth-order valence-electron chi connectivity index (χ4n) is 5.44. The lowest BCUT2D eigenvalue weighted by Crippen LogP contribution is -2.59. The molecule has 0 saturated carbocycles. The standard InChI is InChI=1S/C30H44ClF3N4O4SSi/c1-17-12-36(13-18(2)38(17)27(40)42-28(3,4)5)25-20-11-21(30(32,33)34)22(31)24-23(20)37(26(39)35-25)14-19(16-43-24)15-41-44(9,10)29(6,7)8/h11,17-19H,12-16H2,1-10H3/t17-,18+,19?. The zero-order valence-electron chi connectivity index (χ0n) is 27.2. The second-order valence-electron chi connectivity index (χ2n) is 14.5. The van der Waals surface area contributed by atoms with Gasteiger partial charge in [-0.05, 0) is 58.8 Å². The number of aromatic nitrogens is 2. The molecule has 44 heavy (non-hydrogen) atoms. The first kappa shape index (κ1) is 34.9. The third-order valence-corrected chi connectivity index (χ3v) is 15.0. The number of rotatable bonds is 4. The Kier molecular flexibility index (Phi) is 9.52. The van der Waals surface area contributed by atoms with Gasteiger partial charge in [0.05, 0.1) is 33.1 Å². The zero-order chi connectivity index (χ0) is 33.2. The van der Waals surface area contributed by atoms with Gasteiger partial charge in [0, 0.05) is 43.3 Å². The van der Waals surface area contributed by atoms with Gasteiger partial charge in [0.25, 0.3) is 0 Å². The minimum atomic E-state index is -4.71. The lowest BCUT2D eigenvalue weighted by atomic mass is 10.1. The molecule has 1 unspecified atom stereocenters. The summed E-state index contributed by atoms with van der Waals surface area (Å²) in [7, 11) is -2.11. The van der Waals surface area contributed by atoms with E-state index in [0.717, 1.165) is 6.07 Å². The van der Waals surface area contributed by atoms with Crippen molar-refractivity contribution >= 4 is 54.5 Å². The molecule has 0 radical (unpaired) electrons. The molecule has 1 saturated heterocycles. The first-order valence-electron chi connectivity index (χ1n) is 14.9. The topological polar surface area (TPSA) is 76.9 Å². The fraction of sp³-hybridized carbons (Fsp3) is 0.700. The van der Waals surface area contributed by atoms with Gasteiger partial charge in [0.15, 0.2) is 8.32 Å². The summed E-state index contributed by atoms with van der Waals surface area (Å²) in [4.78, 5) is 34.7. The number of nitrogens with zero attached hydrogens (tertiary/aromatic N) is 4. The van der Waals surface area contributed by atoms with Crippen LogP contribution < -0.4 is 10.6 Å². The van der Waals surface area contributed by atoms with Crippen LogP contribution in [-0.4, -0.2) is 72.0 Å². The van der Waals surface area contributed by atoms with Crippen molar-refractivity contribution in [3.63, 3.8) is 0 Å². The highest BCUT2D eigenvalue weighted by atomic mass is 35.5. The average molecular weight is 677 g/mol. The van der Waals surface area contributed by atoms with Crippen molar-refractivity contribution in [3.05, 3.63) is 27.1 Å². The maximum absolute atomic E-state index is 14.3. The van der Waals surface area contributed by atoms with Crippen LogP contribution >= 0.6 is 23.4 Å². The number of amides is 1. The van der Waals surface area contributed by atoms with E-state index in [1.165, 1.54) is 16.3 Å². The molecule has 2 aromatic rings. The van der Waals surface area contributed by atoms with Crippen molar-refractivity contribution in [1.29, 1.82) is 0 Å². The Hall–Kier alpha value is -1.96. The summed E-state index contributed by atoms with van der Waals surface area (Å²) in [5.41, 5.74) is -1.85. The number of hydrogen-bond donors (Lipinski definition) is 0. The van der Waals surface area contributed by atoms with Crippen LogP contribution in [0.5, 0.6) is 0 Å². The van der Waals surface area contributed by atoms with Gasteiger partial charge < -0.3 is 14.1 Å². The van der Waals surface area contributed by atoms with Crippen molar-refractivity contribution in [2.45, 2.75) is 109 Å². The van der Waals surface area contributed by atoms with Gasteiger partial charge in [0.1, 0.15) is 11.4 Å². The molecule has 0 spiro atoms. The SMILES string of the molecule is C[C@@H]1CN(c2nc(=O)n3c4c(c(Cl)c(C(F)(F)F)cc24)SCC(CO[Si](C)(C)C(C)(C)C)C3)C[C@H](C)N1C(=O)OC(C)(C)C. The molecule has 14 heteroatoms. The second kappa shape index (κ2) is 12.0. The van der Waals surface area contributed by atoms with Crippen LogP contribution in [0.2, 0.25) is 23.2 Å². The van der Waals surface area contributed by atoms with E-state index in [2.05, 4.69) is 38.8 Å². The van der Waals surface area contributed by atoms with Gasteiger partial charge in [-0.1, -0.05) is 32.4 Å². The number of thioether (sulfide) groups is 1. The summed E-state index contributed by atoms with van der Waals surface area (Å²) in [6, 6.07) is 0.300. The predicted octanol–water partition coefficient (Wildman–Crippen LogP) is 7.65. The van der Waals surface area contributed by atoms with Crippen LogP contribution in [0.3, 0.4) is 0 Å². The summed E-state index contributed by atoms with van der Waals surface area (Å²) in [6.07, 6.45) is -5.18. The molecule has 246 valence electrons. The minimum Gasteiger partial charge on any atom is -0.444 e. The van der Waals surface area contributed by atoms with Gasteiger partial charge in [0.2, 0.25) is 0 Å². The Morgan fingerprint density at radius 1 is 1.09 bits per heavy atom. The van der Waals surface area contributed by atoms with Crippen molar-refractivity contribution in [2.24, 2.45) is 5.92 Å². The molecule has 1 fully saturated rings. The number of ether oxygens (including phenoxy) is 1. The van der Waals surface area contributed by atoms with Crippen LogP contribution in [-0.2, 0) is 21.9 Å². The molecule has 8 nitrogen and oxygen atoms in total. The third kappa shape index (κ3) is 7.05. The van der Waals surface area contributed by atoms with Crippen molar-refractivity contribution in [2.75, 3.05) is 30.3 Å². The first-order chi connectivity index (χ1) is 20.0. The quantitative estimate of drug-likeness (QED) is 0.308. The molecule has 1 amide bonds. The van der Waals surface area contributed by atoms with E-state index in [0.29, 0.717) is 17.9 Å². The molecular formula is C30H44ClF3N4O4SSi. The Labute approximate surface area is 267 Å². The minimum absolute atomic E-state index is 0.0200. The maximum Gasteiger partial charge on any atom is 0.417 e. The van der Waals surface area contributed by atoms with Crippen LogP contribution in [0.25, 0.3) is 10.9 Å². The Bertz CT molecular complexity index is 1480.